The molecule has 3 amide bonds. The third-order valence-electron chi connectivity index (χ3n) is 5.63. The van der Waals surface area contributed by atoms with Gasteiger partial charge in [-0.2, -0.15) is 0 Å². The number of amides is 3. The van der Waals surface area contributed by atoms with E-state index in [1.807, 2.05) is 0 Å². The molecule has 4 rings (SSSR count). The third-order valence-corrected chi connectivity index (χ3v) is 6.19. The topological polar surface area (TPSA) is 137 Å². The molecule has 0 atom stereocenters. The number of benzene rings is 2. The normalized spacial score (nSPS) is 13.6. The Bertz CT molecular complexity index is 1520. The summed E-state index contributed by atoms with van der Waals surface area (Å²) < 4.78 is 16.5. The average Bonchev–Trinajstić information content (AvgIpc) is 3.25. The Kier molecular flexibility index (Phi) is 9.59. The summed E-state index contributed by atoms with van der Waals surface area (Å²) in [5.74, 6) is -1.67. The summed E-state index contributed by atoms with van der Waals surface area (Å²) in [6, 6.07) is 13.8. The number of hydrogen-bond donors (Lipinski definition) is 1. The van der Waals surface area contributed by atoms with Crippen LogP contribution in [0.2, 0.25) is 5.02 Å². The first-order chi connectivity index (χ1) is 19.2. The molecule has 0 radical (unpaired) electrons. The van der Waals surface area contributed by atoms with Crippen molar-refractivity contribution >= 4 is 69.2 Å². The van der Waals surface area contributed by atoms with Crippen LogP contribution in [-0.2, 0) is 28.8 Å². The Morgan fingerprint density at radius 3 is 2.45 bits per heavy atom. The summed E-state index contributed by atoms with van der Waals surface area (Å²) in [7, 11) is 1.57. The van der Waals surface area contributed by atoms with Crippen molar-refractivity contribution in [2.24, 2.45) is 4.99 Å². The number of hydroxylamine groups is 2. The molecule has 1 saturated heterocycles. The van der Waals surface area contributed by atoms with E-state index in [0.29, 0.717) is 38.1 Å². The van der Waals surface area contributed by atoms with Crippen molar-refractivity contribution in [1.29, 1.82) is 0 Å². The highest BCUT2D eigenvalue weighted by molar-refractivity contribution is 7.80. The molecule has 0 spiro atoms. The first kappa shape index (κ1) is 28.9. The highest BCUT2D eigenvalue weighted by Crippen LogP contribution is 2.21. The standard InChI is InChI=1S/C27H24ClN3O8S/c1-36-19-5-3-18(4-6-19)29-26-20(15-16-14-17(28)2-7-21(16)38-26)27(40)30-22(32)10-12-37-13-11-25(35)39-31-23(33)8-9-24(31)34/h2-7,14-15H,8-13H2,1H3,(H,30,32,40). The molecule has 2 heterocycles. The van der Waals surface area contributed by atoms with Crippen molar-refractivity contribution in [2.45, 2.75) is 25.7 Å². The Morgan fingerprint density at radius 2 is 1.75 bits per heavy atom. The van der Waals surface area contributed by atoms with Crippen molar-refractivity contribution < 1.29 is 37.9 Å². The van der Waals surface area contributed by atoms with Crippen molar-refractivity contribution in [1.82, 2.24) is 10.4 Å². The molecule has 0 saturated carbocycles. The van der Waals surface area contributed by atoms with Crippen LogP contribution in [0.1, 0.15) is 31.2 Å². The van der Waals surface area contributed by atoms with Crippen LogP contribution in [0.25, 0.3) is 11.0 Å². The fraction of sp³-hybridized carbons (Fsp3) is 0.259. The third kappa shape index (κ3) is 7.50. The Morgan fingerprint density at radius 1 is 1.05 bits per heavy atom. The van der Waals surface area contributed by atoms with Gasteiger partial charge in [-0.15, -0.1) is 5.06 Å². The summed E-state index contributed by atoms with van der Waals surface area (Å²) in [5, 5.41) is 4.28. The highest BCUT2D eigenvalue weighted by atomic mass is 35.5. The summed E-state index contributed by atoms with van der Waals surface area (Å²) in [6.45, 7) is -0.0773. The smallest absolute Gasteiger partial charge is 0.335 e. The minimum Gasteiger partial charge on any atom is -0.497 e. The van der Waals surface area contributed by atoms with E-state index in [2.05, 4.69) is 10.3 Å². The van der Waals surface area contributed by atoms with Gasteiger partial charge in [0.05, 0.1) is 44.4 Å². The molecular weight excluding hydrogens is 562 g/mol. The Hall–Kier alpha value is -4.13. The number of methoxy groups -OCH3 is 1. The minimum atomic E-state index is -0.789. The number of halogens is 1. The first-order valence-electron chi connectivity index (χ1n) is 12.1. The number of carbonyl (C=O) groups excluding carboxylic acids is 4. The number of nitrogens with zero attached hydrogens (tertiary/aromatic N) is 2. The number of nitrogens with one attached hydrogen (secondary N) is 1. The van der Waals surface area contributed by atoms with E-state index < -0.39 is 23.7 Å². The molecule has 208 valence electrons. The second kappa shape index (κ2) is 13.3. The monoisotopic (exact) mass is 585 g/mol. The summed E-state index contributed by atoms with van der Waals surface area (Å²) in [6.07, 6.45) is -0.232. The van der Waals surface area contributed by atoms with E-state index in [9.17, 15) is 19.2 Å². The number of ether oxygens (including phenoxy) is 2. The van der Waals surface area contributed by atoms with Crippen LogP contribution in [0.5, 0.6) is 5.75 Å². The molecule has 1 aliphatic rings. The van der Waals surface area contributed by atoms with Gasteiger partial charge in [-0.3, -0.25) is 14.4 Å². The molecule has 0 bridgehead atoms. The number of fused-ring (bicyclic) bond motifs is 1. The van der Waals surface area contributed by atoms with Gasteiger partial charge in [-0.25, -0.2) is 9.79 Å². The molecule has 0 aliphatic carbocycles. The average molecular weight is 586 g/mol. The van der Waals surface area contributed by atoms with Gasteiger partial charge >= 0.3 is 5.97 Å². The van der Waals surface area contributed by atoms with Crippen LogP contribution >= 0.6 is 23.8 Å². The quantitative estimate of drug-likeness (QED) is 0.215. The number of rotatable bonds is 10. The van der Waals surface area contributed by atoms with Crippen LogP contribution in [0.4, 0.5) is 5.69 Å². The number of carbonyl (C=O) groups is 4. The van der Waals surface area contributed by atoms with Gasteiger partial charge in [0.15, 0.2) is 0 Å². The second-order valence-electron chi connectivity index (χ2n) is 8.49. The Labute approximate surface area is 238 Å². The van der Waals surface area contributed by atoms with Gasteiger partial charge in [0, 0.05) is 23.3 Å². The molecule has 13 heteroatoms. The maximum Gasteiger partial charge on any atom is 0.335 e. The molecule has 1 aliphatic heterocycles. The van der Waals surface area contributed by atoms with E-state index >= 15 is 0 Å². The van der Waals surface area contributed by atoms with E-state index in [1.54, 1.807) is 55.6 Å². The van der Waals surface area contributed by atoms with Crippen molar-refractivity contribution in [3.8, 4) is 5.75 Å². The van der Waals surface area contributed by atoms with E-state index in [0.717, 1.165) is 0 Å². The zero-order chi connectivity index (χ0) is 28.6. The lowest BCUT2D eigenvalue weighted by atomic mass is 10.2. The fourth-order valence-electron chi connectivity index (χ4n) is 3.61. The zero-order valence-corrected chi connectivity index (χ0v) is 22.9. The second-order valence-corrected chi connectivity index (χ2v) is 9.34. The number of imide groups is 1. The van der Waals surface area contributed by atoms with Crippen molar-refractivity contribution in [3.05, 3.63) is 64.7 Å². The fourth-order valence-corrected chi connectivity index (χ4v) is 4.05. The van der Waals surface area contributed by atoms with Crippen LogP contribution in [-0.4, -0.2) is 54.1 Å². The lowest BCUT2D eigenvalue weighted by Gasteiger charge is -2.12. The zero-order valence-electron chi connectivity index (χ0n) is 21.3. The van der Waals surface area contributed by atoms with Gasteiger partial charge in [-0.05, 0) is 48.5 Å². The van der Waals surface area contributed by atoms with Gasteiger partial charge in [0.1, 0.15) is 16.3 Å². The lowest BCUT2D eigenvalue weighted by molar-refractivity contribution is -0.198. The van der Waals surface area contributed by atoms with Gasteiger partial charge in [-0.1, -0.05) is 23.8 Å². The summed E-state index contributed by atoms with van der Waals surface area (Å²) in [5.41, 5.74) is 1.68. The minimum absolute atomic E-state index is 0.00984. The molecule has 11 nitrogen and oxygen atoms in total. The van der Waals surface area contributed by atoms with Gasteiger partial charge in [0.2, 0.25) is 11.5 Å². The maximum absolute atomic E-state index is 12.5. The molecular formula is C27H24ClN3O8S. The molecule has 3 aromatic rings. The van der Waals surface area contributed by atoms with E-state index in [-0.39, 0.29) is 49.4 Å². The molecule has 40 heavy (non-hydrogen) atoms. The highest BCUT2D eigenvalue weighted by Gasteiger charge is 2.32. The van der Waals surface area contributed by atoms with Crippen molar-refractivity contribution in [3.63, 3.8) is 0 Å². The predicted molar refractivity (Wildman–Crippen MR) is 147 cm³/mol. The summed E-state index contributed by atoms with van der Waals surface area (Å²) >= 11 is 11.6. The molecule has 1 aromatic heterocycles. The van der Waals surface area contributed by atoms with Crippen LogP contribution in [0.3, 0.4) is 0 Å². The first-order valence-corrected chi connectivity index (χ1v) is 12.9. The molecule has 2 aromatic carbocycles. The van der Waals surface area contributed by atoms with E-state index in [1.165, 1.54) is 0 Å². The molecule has 0 unspecified atom stereocenters. The van der Waals surface area contributed by atoms with Gasteiger partial charge < -0.3 is 24.0 Å². The van der Waals surface area contributed by atoms with E-state index in [4.69, 9.17) is 42.5 Å². The maximum atomic E-state index is 12.5. The summed E-state index contributed by atoms with van der Waals surface area (Å²) in [4.78, 5) is 56.8. The van der Waals surface area contributed by atoms with Crippen LogP contribution in [0.15, 0.2) is 57.9 Å². The molecule has 1 N–H and O–H groups in total. The van der Waals surface area contributed by atoms with Crippen LogP contribution in [0, 0.1) is 0 Å². The predicted octanol–water partition coefficient (Wildman–Crippen LogP) is 3.52. The Balaban J connectivity index is 1.36. The lowest BCUT2D eigenvalue weighted by Crippen LogP contribution is -2.33. The van der Waals surface area contributed by atoms with Gasteiger partial charge in [0.25, 0.3) is 11.8 Å². The number of thiocarbonyl (C=S) groups is 1. The largest absolute Gasteiger partial charge is 0.497 e. The SMILES string of the molecule is COc1ccc(N=c2oc3ccc(Cl)cc3cc2C(=S)NC(=O)CCOCCC(=O)ON2C(=O)CCC2=O)cc1. The van der Waals surface area contributed by atoms with Crippen LogP contribution < -0.4 is 15.6 Å². The molecule has 1 fully saturated rings. The van der Waals surface area contributed by atoms with Crippen molar-refractivity contribution in [2.75, 3.05) is 20.3 Å². The number of hydrogen-bond acceptors (Lipinski definition) is 10.